The van der Waals surface area contributed by atoms with Gasteiger partial charge in [0.2, 0.25) is 0 Å². The fourth-order valence-corrected chi connectivity index (χ4v) is 15.9. The van der Waals surface area contributed by atoms with Crippen LogP contribution in [0.3, 0.4) is 0 Å². The molecule has 398 valence electrons. The Balaban J connectivity index is 1.25. The lowest BCUT2D eigenvalue weighted by Gasteiger charge is -2.45. The van der Waals surface area contributed by atoms with Crippen molar-refractivity contribution >= 4 is 57.5 Å². The van der Waals surface area contributed by atoms with Gasteiger partial charge in [-0.3, -0.25) is 0 Å². The molecule has 9 heteroatoms. The Morgan fingerprint density at radius 2 is 1.24 bits per heavy atom. The summed E-state index contributed by atoms with van der Waals surface area (Å²) in [7, 11) is 0. The van der Waals surface area contributed by atoms with E-state index in [0.29, 0.717) is 6.42 Å². The van der Waals surface area contributed by atoms with Crippen molar-refractivity contribution < 1.29 is 0 Å². The summed E-state index contributed by atoms with van der Waals surface area (Å²) in [5.74, 6) is 0.130. The highest BCUT2D eigenvalue weighted by molar-refractivity contribution is 6.22. The van der Waals surface area contributed by atoms with Crippen LogP contribution in [0, 0.1) is 108 Å². The maximum Gasteiger partial charge on any atom is 0.130 e. The molecule has 13 rings (SSSR count). The van der Waals surface area contributed by atoms with Crippen molar-refractivity contribution in [3.05, 3.63) is 206 Å². The molecule has 0 spiro atoms. The average molecular weight is 1060 g/mol. The Hall–Kier alpha value is -9.64. The summed E-state index contributed by atoms with van der Waals surface area (Å²) in [6, 6.07) is 17.3. The number of rotatable bonds is 6. The molecule has 0 amide bonds. The molecule has 0 bridgehead atoms. The number of anilines is 1. The molecular formula is C73H61N9. The zero-order chi connectivity index (χ0) is 57.1. The monoisotopic (exact) mass is 1060 g/mol. The molecule has 10 unspecified atom stereocenters. The minimum atomic E-state index is -0.676. The first kappa shape index (κ1) is 51.8. The normalized spacial score (nSPS) is 28.8. The molecule has 0 fully saturated rings. The largest absolute Gasteiger partial charge is 0.330 e. The topological polar surface area (TPSA) is 156 Å². The van der Waals surface area contributed by atoms with Crippen LogP contribution in [0.1, 0.15) is 118 Å². The Bertz CT molecular complexity index is 4340. The Morgan fingerprint density at radius 1 is 0.585 bits per heavy atom. The lowest BCUT2D eigenvalue weighted by Crippen LogP contribution is -2.46. The summed E-state index contributed by atoms with van der Waals surface area (Å²) in [6.45, 7) is 16.0. The van der Waals surface area contributed by atoms with Crippen molar-refractivity contribution in [2.75, 3.05) is 4.90 Å². The van der Waals surface area contributed by atoms with Crippen LogP contribution in [0.2, 0.25) is 0 Å². The number of benzene rings is 2. The first-order chi connectivity index (χ1) is 39.6. The van der Waals surface area contributed by atoms with Crippen LogP contribution in [-0.4, -0.2) is 14.7 Å². The van der Waals surface area contributed by atoms with Crippen LogP contribution in [-0.2, 0) is 12.8 Å². The molecule has 9 nitrogen and oxygen atoms in total. The Labute approximate surface area is 480 Å². The standard InChI is InChI=1S/C73H61N9/c1-43-22-25-51-50(33-47(37-74)38-75)24-27-59(55(51)31-43)80-62-32-44(2)23-26-54(62)64-68(80)66-63-45(3)15-14-21-61(63)81(67-46(4)34-72(6,36-49(41-78)42-79)57-19-11-9-17-53(57)67)69(66)65-58-20-12-13-29-73(58,7)82(70(64)65)60-28-30-71(5,35-48(39-76)40-77)56-18-10-8-16-52(56)60/h8-14,16-30,33,35-36,43-46,56-58H,15,31-32,34H2,1-7H3. The number of hydrogen-bond donors (Lipinski definition) is 0. The van der Waals surface area contributed by atoms with Gasteiger partial charge in [-0.2, -0.15) is 31.6 Å². The highest BCUT2D eigenvalue weighted by Gasteiger charge is 2.54. The number of allylic oxidation sites excluding steroid dienone is 23. The number of hydrogen-bond acceptors (Lipinski definition) is 7. The van der Waals surface area contributed by atoms with E-state index >= 15 is 0 Å². The number of nitriles is 6. The summed E-state index contributed by atoms with van der Waals surface area (Å²) in [5, 5.41) is 63.2. The van der Waals surface area contributed by atoms with Gasteiger partial charge in [0.25, 0.3) is 0 Å². The van der Waals surface area contributed by atoms with Gasteiger partial charge in [0.15, 0.2) is 0 Å². The fraction of sp³-hybridized carbons (Fsp3) is 0.288. The molecule has 1 aliphatic heterocycles. The first-order valence-corrected chi connectivity index (χ1v) is 28.8. The Kier molecular flexibility index (Phi) is 12.0. The van der Waals surface area contributed by atoms with Gasteiger partial charge < -0.3 is 14.0 Å². The zero-order valence-electron chi connectivity index (χ0n) is 47.3. The quantitative estimate of drug-likeness (QED) is 0.174. The first-order valence-electron chi connectivity index (χ1n) is 28.8. The van der Waals surface area contributed by atoms with Crippen LogP contribution in [0.5, 0.6) is 0 Å². The number of nitrogens with zero attached hydrogens (tertiary/aromatic N) is 9. The third-order valence-corrected chi connectivity index (χ3v) is 19.4. The molecule has 0 N–H and O–H groups in total. The van der Waals surface area contributed by atoms with E-state index in [1.165, 1.54) is 61.2 Å². The second-order valence-corrected chi connectivity index (χ2v) is 24.8. The highest BCUT2D eigenvalue weighted by Crippen LogP contribution is 2.64. The van der Waals surface area contributed by atoms with Crippen molar-refractivity contribution in [3.63, 3.8) is 0 Å². The van der Waals surface area contributed by atoms with Crippen molar-refractivity contribution in [2.24, 2.45) is 40.4 Å². The summed E-state index contributed by atoms with van der Waals surface area (Å²) in [5.41, 5.74) is 16.8. The van der Waals surface area contributed by atoms with Gasteiger partial charge in [-0.1, -0.05) is 157 Å². The maximum atomic E-state index is 10.2. The van der Waals surface area contributed by atoms with Crippen LogP contribution in [0.4, 0.5) is 5.69 Å². The SMILES string of the molecule is CC1C=Cc2c(C=C(C#N)C#N)ccc(-n3c4c(c5c6c(c7c(c8c(n7C7=C9C=CC=CC9C(C)(C=C(C#N)C#N)CC7C)C=CCC8C)c53)C3C=CC=CC3(C)N6C3=C5C=CC=CC5C(C)(C=C(C#N)C#N)C=C3)C=CC(C)C4)c2C1. The van der Waals surface area contributed by atoms with E-state index in [9.17, 15) is 31.6 Å². The van der Waals surface area contributed by atoms with Gasteiger partial charge in [-0.25, -0.2) is 0 Å². The molecule has 2 aromatic carbocycles. The second-order valence-electron chi connectivity index (χ2n) is 24.8. The average Bonchev–Trinajstić information content (AvgIpc) is 2.70. The fourth-order valence-electron chi connectivity index (χ4n) is 15.9. The molecule has 10 atom stereocenters. The lowest BCUT2D eigenvalue weighted by molar-refractivity contribution is 0.271. The maximum absolute atomic E-state index is 10.2. The van der Waals surface area contributed by atoms with Gasteiger partial charge >= 0.3 is 0 Å². The van der Waals surface area contributed by atoms with E-state index in [-0.39, 0.29) is 58.1 Å². The van der Waals surface area contributed by atoms with Crippen molar-refractivity contribution in [2.45, 2.75) is 91.5 Å². The molecule has 0 saturated carbocycles. The van der Waals surface area contributed by atoms with Crippen LogP contribution >= 0.6 is 0 Å². The summed E-state index contributed by atoms with van der Waals surface area (Å²) in [4.78, 5) is 2.66. The summed E-state index contributed by atoms with van der Waals surface area (Å²) in [6.07, 6.45) is 53.7. The third kappa shape index (κ3) is 7.37. The van der Waals surface area contributed by atoms with Crippen molar-refractivity contribution in [1.29, 1.82) is 31.6 Å². The molecule has 3 heterocycles. The zero-order valence-corrected chi connectivity index (χ0v) is 47.3. The van der Waals surface area contributed by atoms with Gasteiger partial charge in [-0.05, 0) is 132 Å². The molecule has 2 aromatic heterocycles. The van der Waals surface area contributed by atoms with E-state index in [4.69, 9.17) is 0 Å². The molecule has 4 aromatic rings. The minimum Gasteiger partial charge on any atom is -0.330 e. The predicted molar refractivity (Wildman–Crippen MR) is 327 cm³/mol. The van der Waals surface area contributed by atoms with Gasteiger partial charge in [0.05, 0.1) is 22.3 Å². The van der Waals surface area contributed by atoms with Crippen molar-refractivity contribution in [1.82, 2.24) is 9.13 Å². The third-order valence-electron chi connectivity index (χ3n) is 19.4. The molecule has 82 heavy (non-hydrogen) atoms. The smallest absolute Gasteiger partial charge is 0.130 e. The van der Waals surface area contributed by atoms with Gasteiger partial charge in [0.1, 0.15) is 53.1 Å². The molecule has 0 radical (unpaired) electrons. The lowest BCUT2D eigenvalue weighted by atomic mass is 9.61. The predicted octanol–water partition coefficient (Wildman–Crippen LogP) is 16.3. The Morgan fingerprint density at radius 3 is 1.98 bits per heavy atom. The van der Waals surface area contributed by atoms with E-state index in [0.717, 1.165) is 58.6 Å². The van der Waals surface area contributed by atoms with Gasteiger partial charge in [0, 0.05) is 73.5 Å². The highest BCUT2D eigenvalue weighted by atomic mass is 15.3. The second kappa shape index (κ2) is 19.0. The van der Waals surface area contributed by atoms with E-state index < -0.39 is 16.4 Å². The minimum absolute atomic E-state index is 0.0235. The van der Waals surface area contributed by atoms with Crippen molar-refractivity contribution in [3.8, 4) is 42.1 Å². The summed E-state index contributed by atoms with van der Waals surface area (Å²) >= 11 is 0. The molecular weight excluding hydrogens is 1000 g/mol. The van der Waals surface area contributed by atoms with Crippen LogP contribution < -0.4 is 4.90 Å². The number of aromatic nitrogens is 2. The molecule has 8 aliphatic carbocycles. The van der Waals surface area contributed by atoms with Gasteiger partial charge in [-0.15, -0.1) is 0 Å². The van der Waals surface area contributed by atoms with E-state index in [1.54, 1.807) is 6.08 Å². The number of fused-ring (bicyclic) bond motifs is 15. The van der Waals surface area contributed by atoms with Crippen LogP contribution in [0.15, 0.2) is 161 Å². The summed E-state index contributed by atoms with van der Waals surface area (Å²) < 4.78 is 5.31. The van der Waals surface area contributed by atoms with E-state index in [1.807, 2.05) is 12.2 Å². The van der Waals surface area contributed by atoms with Crippen LogP contribution in [0.25, 0.3) is 57.5 Å². The van der Waals surface area contributed by atoms with E-state index in [2.05, 4.69) is 233 Å². The molecule has 0 saturated heterocycles. The molecule has 9 aliphatic rings.